The van der Waals surface area contributed by atoms with Crippen LogP contribution in [-0.2, 0) is 14.8 Å². The van der Waals surface area contributed by atoms with Crippen molar-refractivity contribution in [2.24, 2.45) is 0 Å². The minimum absolute atomic E-state index is 0.153. The van der Waals surface area contributed by atoms with Gasteiger partial charge in [0.15, 0.2) is 0 Å². The smallest absolute Gasteiger partial charge is 0.240 e. The van der Waals surface area contributed by atoms with Crippen molar-refractivity contribution in [1.82, 2.24) is 4.72 Å². The molecule has 0 bridgehead atoms. The fraction of sp³-hybridized carbons (Fsp3) is 0.333. The summed E-state index contributed by atoms with van der Waals surface area (Å²) in [5.74, 6) is 0. The maximum absolute atomic E-state index is 12.3. The molecule has 0 aliphatic rings. The van der Waals surface area contributed by atoms with Gasteiger partial charge in [-0.05, 0) is 43.7 Å². The molecule has 22 heavy (non-hydrogen) atoms. The summed E-state index contributed by atoms with van der Waals surface area (Å²) in [6.07, 6.45) is -0.311. The third kappa shape index (κ3) is 4.08. The third-order valence-electron chi connectivity index (χ3n) is 3.28. The van der Waals surface area contributed by atoms with Crippen LogP contribution in [0.1, 0.15) is 21.4 Å². The molecule has 1 unspecified atom stereocenters. The summed E-state index contributed by atoms with van der Waals surface area (Å²) in [6.45, 7) is 4.00. The number of thiophene rings is 1. The maximum atomic E-state index is 12.3. The van der Waals surface area contributed by atoms with Crippen molar-refractivity contribution in [1.29, 1.82) is 0 Å². The van der Waals surface area contributed by atoms with Crippen molar-refractivity contribution in [3.8, 4) is 0 Å². The molecule has 4 nitrogen and oxygen atoms in total. The molecule has 120 valence electrons. The Balaban J connectivity index is 2.12. The average molecular weight is 360 g/mol. The Hall–Kier alpha value is -0.920. The maximum Gasteiger partial charge on any atom is 0.240 e. The van der Waals surface area contributed by atoms with Gasteiger partial charge in [0.05, 0.1) is 4.90 Å². The van der Waals surface area contributed by atoms with E-state index in [0.29, 0.717) is 5.02 Å². The molecular formula is C15H18ClNO3S2. The Labute approximate surface area is 140 Å². The molecule has 2 rings (SSSR count). The van der Waals surface area contributed by atoms with Crippen molar-refractivity contribution in [2.45, 2.75) is 24.8 Å². The summed E-state index contributed by atoms with van der Waals surface area (Å²) in [7, 11) is -2.05. The Bertz CT molecular complexity index is 756. The van der Waals surface area contributed by atoms with Gasteiger partial charge in [-0.2, -0.15) is 0 Å². The monoisotopic (exact) mass is 359 g/mol. The number of halogens is 1. The standard InChI is InChI=1S/C15H18ClNO3S2/c1-10-4-6-12(8-13(10)16)22(18,19)17-9-14(20-3)15-7-5-11(2)21-15/h4-8,14,17H,9H2,1-3H3. The fourth-order valence-corrected chi connectivity index (χ4v) is 4.19. The molecular weight excluding hydrogens is 342 g/mol. The summed E-state index contributed by atoms with van der Waals surface area (Å²) in [5.41, 5.74) is 0.837. The van der Waals surface area contributed by atoms with E-state index in [-0.39, 0.29) is 17.5 Å². The Morgan fingerprint density at radius 1 is 1.27 bits per heavy atom. The number of sulfonamides is 1. The summed E-state index contributed by atoms with van der Waals surface area (Å²) in [6, 6.07) is 8.62. The van der Waals surface area contributed by atoms with E-state index >= 15 is 0 Å². The topological polar surface area (TPSA) is 55.4 Å². The highest BCUT2D eigenvalue weighted by molar-refractivity contribution is 7.89. The summed E-state index contributed by atoms with van der Waals surface area (Å²) < 4.78 is 32.6. The van der Waals surface area contributed by atoms with Gasteiger partial charge in [0.1, 0.15) is 6.10 Å². The summed E-state index contributed by atoms with van der Waals surface area (Å²) >= 11 is 7.58. The van der Waals surface area contributed by atoms with Crippen LogP contribution in [0.15, 0.2) is 35.2 Å². The lowest BCUT2D eigenvalue weighted by molar-refractivity contribution is 0.110. The molecule has 0 saturated carbocycles. The van der Waals surface area contributed by atoms with Crippen LogP contribution in [0.3, 0.4) is 0 Å². The molecule has 1 aromatic carbocycles. The van der Waals surface area contributed by atoms with E-state index in [9.17, 15) is 8.42 Å². The minimum Gasteiger partial charge on any atom is -0.375 e. The first-order valence-electron chi connectivity index (χ1n) is 6.68. The highest BCUT2D eigenvalue weighted by Gasteiger charge is 2.19. The molecule has 1 aromatic heterocycles. The lowest BCUT2D eigenvalue weighted by atomic mass is 10.2. The number of hydrogen-bond acceptors (Lipinski definition) is 4. The SMILES string of the molecule is COC(CNS(=O)(=O)c1ccc(C)c(Cl)c1)c1ccc(C)s1. The van der Waals surface area contributed by atoms with Crippen LogP contribution in [0.5, 0.6) is 0 Å². The first kappa shape index (κ1) is 17.4. The van der Waals surface area contributed by atoms with Gasteiger partial charge in [-0.25, -0.2) is 13.1 Å². The zero-order chi connectivity index (χ0) is 16.3. The van der Waals surface area contributed by atoms with Gasteiger partial charge in [0, 0.05) is 28.4 Å². The van der Waals surface area contributed by atoms with Gasteiger partial charge in [0.2, 0.25) is 10.0 Å². The van der Waals surface area contributed by atoms with Crippen LogP contribution in [0.4, 0.5) is 0 Å². The zero-order valence-corrected chi connectivity index (χ0v) is 15.0. The van der Waals surface area contributed by atoms with Crippen molar-refractivity contribution in [3.05, 3.63) is 50.7 Å². The highest BCUT2D eigenvalue weighted by Crippen LogP contribution is 2.25. The number of benzene rings is 1. The van der Waals surface area contributed by atoms with E-state index in [4.69, 9.17) is 16.3 Å². The number of aryl methyl sites for hydroxylation is 2. The van der Waals surface area contributed by atoms with Crippen molar-refractivity contribution < 1.29 is 13.2 Å². The summed E-state index contributed by atoms with van der Waals surface area (Å²) in [5, 5.41) is 0.431. The Kier molecular flexibility index (Phi) is 5.63. The molecule has 1 atom stereocenters. The normalized spacial score (nSPS) is 13.3. The molecule has 0 fully saturated rings. The van der Waals surface area contributed by atoms with E-state index in [1.807, 2.05) is 26.0 Å². The Morgan fingerprint density at radius 3 is 2.55 bits per heavy atom. The van der Waals surface area contributed by atoms with Crippen LogP contribution in [0.25, 0.3) is 0 Å². The highest BCUT2D eigenvalue weighted by atomic mass is 35.5. The van der Waals surface area contributed by atoms with E-state index in [2.05, 4.69) is 4.72 Å². The second-order valence-electron chi connectivity index (χ2n) is 4.94. The van der Waals surface area contributed by atoms with Crippen LogP contribution >= 0.6 is 22.9 Å². The molecule has 0 aliphatic carbocycles. The molecule has 0 radical (unpaired) electrons. The fourth-order valence-electron chi connectivity index (χ4n) is 1.94. The quantitative estimate of drug-likeness (QED) is 0.855. The largest absolute Gasteiger partial charge is 0.375 e. The first-order chi connectivity index (χ1) is 10.3. The second kappa shape index (κ2) is 7.10. The molecule has 0 amide bonds. The number of ether oxygens (including phenoxy) is 1. The van der Waals surface area contributed by atoms with Crippen LogP contribution in [0, 0.1) is 13.8 Å². The molecule has 0 spiro atoms. The van der Waals surface area contributed by atoms with Crippen LogP contribution in [-0.4, -0.2) is 22.1 Å². The zero-order valence-electron chi connectivity index (χ0n) is 12.6. The Morgan fingerprint density at radius 2 is 2.00 bits per heavy atom. The lowest BCUT2D eigenvalue weighted by Crippen LogP contribution is -2.29. The van der Waals surface area contributed by atoms with Crippen molar-refractivity contribution in [3.63, 3.8) is 0 Å². The molecule has 7 heteroatoms. The van der Waals surface area contributed by atoms with E-state index in [1.54, 1.807) is 30.6 Å². The predicted octanol–water partition coefficient (Wildman–Crippen LogP) is 3.68. The van der Waals surface area contributed by atoms with Crippen molar-refractivity contribution in [2.75, 3.05) is 13.7 Å². The van der Waals surface area contributed by atoms with Crippen LogP contribution < -0.4 is 4.72 Å². The van der Waals surface area contributed by atoms with Gasteiger partial charge < -0.3 is 4.74 Å². The molecule has 1 heterocycles. The van der Waals surface area contributed by atoms with Crippen molar-refractivity contribution >= 4 is 33.0 Å². The number of nitrogens with one attached hydrogen (secondary N) is 1. The van der Waals surface area contributed by atoms with E-state index in [0.717, 1.165) is 15.3 Å². The number of methoxy groups -OCH3 is 1. The average Bonchev–Trinajstić information content (AvgIpc) is 2.89. The lowest BCUT2D eigenvalue weighted by Gasteiger charge is -2.15. The molecule has 0 saturated heterocycles. The van der Waals surface area contributed by atoms with E-state index in [1.165, 1.54) is 6.07 Å². The minimum atomic E-state index is -3.62. The summed E-state index contributed by atoms with van der Waals surface area (Å²) in [4.78, 5) is 2.30. The third-order valence-corrected chi connectivity index (χ3v) is 6.20. The first-order valence-corrected chi connectivity index (χ1v) is 9.36. The molecule has 0 aliphatic heterocycles. The van der Waals surface area contributed by atoms with E-state index < -0.39 is 10.0 Å². The second-order valence-corrected chi connectivity index (χ2v) is 8.43. The molecule has 1 N–H and O–H groups in total. The van der Waals surface area contributed by atoms with Crippen LogP contribution in [0.2, 0.25) is 5.02 Å². The number of hydrogen-bond donors (Lipinski definition) is 1. The predicted molar refractivity (Wildman–Crippen MR) is 90.2 cm³/mol. The van der Waals surface area contributed by atoms with Gasteiger partial charge in [-0.15, -0.1) is 11.3 Å². The van der Waals surface area contributed by atoms with Gasteiger partial charge in [0.25, 0.3) is 0 Å². The van der Waals surface area contributed by atoms with Gasteiger partial charge in [-0.1, -0.05) is 17.7 Å². The molecule has 2 aromatic rings. The van der Waals surface area contributed by atoms with Gasteiger partial charge >= 0.3 is 0 Å². The van der Waals surface area contributed by atoms with Gasteiger partial charge in [-0.3, -0.25) is 0 Å². The number of rotatable bonds is 6.